The predicted octanol–water partition coefficient (Wildman–Crippen LogP) is 4.63. The number of hydrogen-bond donors (Lipinski definition) is 1. The second-order valence-corrected chi connectivity index (χ2v) is 6.31. The maximum Gasteiger partial charge on any atom is 0.419 e. The monoisotopic (exact) mass is 351 g/mol. The van der Waals surface area contributed by atoms with Crippen LogP contribution in [0.3, 0.4) is 0 Å². The van der Waals surface area contributed by atoms with Crippen LogP contribution in [0.1, 0.15) is 16.0 Å². The fourth-order valence-corrected chi connectivity index (χ4v) is 2.74. The molecule has 0 saturated heterocycles. The third-order valence-corrected chi connectivity index (χ3v) is 4.01. The summed E-state index contributed by atoms with van der Waals surface area (Å²) in [6.45, 7) is 0.00683. The van der Waals surface area contributed by atoms with Crippen LogP contribution in [0.15, 0.2) is 30.3 Å². The first-order chi connectivity index (χ1) is 9.77. The molecule has 0 radical (unpaired) electrons. The van der Waals surface area contributed by atoms with Crippen molar-refractivity contribution in [3.8, 4) is 5.75 Å². The van der Waals surface area contributed by atoms with E-state index in [1.807, 2.05) is 0 Å². The fraction of sp³-hybridized carbons (Fsp3) is 0.154. The zero-order chi connectivity index (χ0) is 15.6. The number of thiophene rings is 1. The van der Waals surface area contributed by atoms with E-state index in [0.29, 0.717) is 4.34 Å². The minimum absolute atomic E-state index is 0.00683. The lowest BCUT2D eigenvalue weighted by molar-refractivity contribution is -0.139. The smallest absolute Gasteiger partial charge is 0.419 e. The normalized spacial score (nSPS) is 11.4. The summed E-state index contributed by atoms with van der Waals surface area (Å²) in [6.07, 6.45) is -4.55. The third-order valence-electron chi connectivity index (χ3n) is 2.57. The Balaban J connectivity index is 2.27. The molecule has 1 heterocycles. The first kappa shape index (κ1) is 16.1. The van der Waals surface area contributed by atoms with Crippen LogP contribution in [0.5, 0.6) is 5.75 Å². The zero-order valence-corrected chi connectivity index (χ0v) is 12.8. The Morgan fingerprint density at radius 1 is 1.29 bits per heavy atom. The quantitative estimate of drug-likeness (QED) is 0.815. The zero-order valence-electron chi connectivity index (χ0n) is 10.4. The summed E-state index contributed by atoms with van der Waals surface area (Å²) in [7, 11) is 0. The number of nitrogens with two attached hydrogens (primary N) is 1. The molecule has 0 aliphatic heterocycles. The summed E-state index contributed by atoms with van der Waals surface area (Å²) in [4.78, 5) is 0.628. The molecule has 112 valence electrons. The molecule has 2 N–H and O–H groups in total. The van der Waals surface area contributed by atoms with Crippen molar-refractivity contribution in [1.82, 2.24) is 0 Å². The molecule has 1 aromatic heterocycles. The largest absolute Gasteiger partial charge is 0.487 e. The fourth-order valence-electron chi connectivity index (χ4n) is 1.61. The van der Waals surface area contributed by atoms with Crippen molar-refractivity contribution in [2.24, 2.45) is 5.73 Å². The molecule has 0 aliphatic carbocycles. The Morgan fingerprint density at radius 3 is 2.52 bits per heavy atom. The van der Waals surface area contributed by atoms with Gasteiger partial charge in [-0.3, -0.25) is 0 Å². The number of ether oxygens (including phenoxy) is 1. The van der Waals surface area contributed by atoms with Gasteiger partial charge in [0.25, 0.3) is 0 Å². The number of halogens is 4. The molecule has 1 aromatic carbocycles. The van der Waals surface area contributed by atoms with E-state index in [0.717, 1.165) is 10.9 Å². The van der Waals surface area contributed by atoms with Crippen LogP contribution in [-0.2, 0) is 12.8 Å². The van der Waals surface area contributed by atoms with Gasteiger partial charge >= 0.3 is 6.18 Å². The van der Waals surface area contributed by atoms with E-state index >= 15 is 0 Å². The second-order valence-electron chi connectivity index (χ2n) is 4.07. The van der Waals surface area contributed by atoms with E-state index in [1.54, 1.807) is 12.1 Å². The molecule has 0 bridgehead atoms. The van der Waals surface area contributed by atoms with Gasteiger partial charge in [-0.2, -0.15) is 13.2 Å². The topological polar surface area (TPSA) is 35.2 Å². The van der Waals surface area contributed by atoms with Crippen molar-refractivity contribution in [2.45, 2.75) is 12.8 Å². The predicted molar refractivity (Wildman–Crippen MR) is 81.0 cm³/mol. The van der Waals surface area contributed by atoms with Gasteiger partial charge < -0.3 is 10.5 Å². The maximum atomic E-state index is 13.0. The van der Waals surface area contributed by atoms with Crippen LogP contribution in [0, 0.1) is 0 Å². The minimum Gasteiger partial charge on any atom is -0.487 e. The number of rotatable bonds is 4. The molecule has 0 unspecified atom stereocenters. The highest BCUT2D eigenvalue weighted by Crippen LogP contribution is 2.37. The molecule has 0 amide bonds. The van der Waals surface area contributed by atoms with Gasteiger partial charge in [-0.05, 0) is 30.3 Å². The second kappa shape index (κ2) is 6.21. The highest BCUT2D eigenvalue weighted by molar-refractivity contribution is 7.80. The number of alkyl halides is 3. The molecule has 2 nitrogen and oxygen atoms in total. The Morgan fingerprint density at radius 2 is 2.00 bits per heavy atom. The third kappa shape index (κ3) is 4.09. The molecule has 2 rings (SSSR count). The lowest BCUT2D eigenvalue weighted by Crippen LogP contribution is -2.14. The molecule has 21 heavy (non-hydrogen) atoms. The van der Waals surface area contributed by atoms with E-state index in [4.69, 9.17) is 22.1 Å². The molecule has 0 fully saturated rings. The van der Waals surface area contributed by atoms with Gasteiger partial charge in [0.1, 0.15) is 17.3 Å². The first-order valence-electron chi connectivity index (χ1n) is 5.65. The molecular formula is C13H9ClF3NOS2. The summed E-state index contributed by atoms with van der Waals surface area (Å²) in [5.41, 5.74) is 4.59. The maximum absolute atomic E-state index is 13.0. The van der Waals surface area contributed by atoms with Gasteiger partial charge in [0.2, 0.25) is 0 Å². The van der Waals surface area contributed by atoms with E-state index in [1.165, 1.54) is 23.5 Å². The minimum atomic E-state index is -4.55. The standard InChI is InChI=1S/C13H9ClF3NOS2/c14-11-4-2-8(21-11)6-19-10-3-1-7(12(18)20)5-9(10)13(15,16)17/h1-5H,6H2,(H2,18,20). The first-order valence-corrected chi connectivity index (χ1v) is 7.25. The molecule has 0 spiro atoms. The molecule has 0 atom stereocenters. The van der Waals surface area contributed by atoms with E-state index in [2.05, 4.69) is 12.2 Å². The lowest BCUT2D eigenvalue weighted by Gasteiger charge is -2.14. The Labute approximate surface area is 133 Å². The van der Waals surface area contributed by atoms with Crippen LogP contribution in [0.4, 0.5) is 13.2 Å². The molecule has 8 heteroatoms. The SMILES string of the molecule is NC(=S)c1ccc(OCc2ccc(Cl)s2)c(C(F)(F)F)c1. The van der Waals surface area contributed by atoms with Gasteiger partial charge in [0, 0.05) is 10.4 Å². The van der Waals surface area contributed by atoms with E-state index in [-0.39, 0.29) is 22.9 Å². The summed E-state index contributed by atoms with van der Waals surface area (Å²) < 4.78 is 44.9. The summed E-state index contributed by atoms with van der Waals surface area (Å²) in [5.74, 6) is -0.271. The van der Waals surface area contributed by atoms with Crippen LogP contribution >= 0.6 is 35.2 Å². The summed E-state index contributed by atoms with van der Waals surface area (Å²) >= 11 is 11.7. The van der Waals surface area contributed by atoms with Gasteiger partial charge in [-0.15, -0.1) is 11.3 Å². The van der Waals surface area contributed by atoms with Gasteiger partial charge in [0.15, 0.2) is 0 Å². The molecular weight excluding hydrogens is 343 g/mol. The van der Waals surface area contributed by atoms with Gasteiger partial charge in [0.05, 0.1) is 9.90 Å². The Kier molecular flexibility index (Phi) is 4.75. The van der Waals surface area contributed by atoms with E-state index in [9.17, 15) is 13.2 Å². The molecule has 0 saturated carbocycles. The average molecular weight is 352 g/mol. The highest BCUT2D eigenvalue weighted by Gasteiger charge is 2.35. The van der Waals surface area contributed by atoms with Crippen LogP contribution < -0.4 is 10.5 Å². The van der Waals surface area contributed by atoms with Gasteiger partial charge in [-0.1, -0.05) is 23.8 Å². The van der Waals surface area contributed by atoms with Crippen molar-refractivity contribution in [3.05, 3.63) is 50.7 Å². The van der Waals surface area contributed by atoms with Gasteiger partial charge in [-0.25, -0.2) is 0 Å². The number of hydrogen-bond acceptors (Lipinski definition) is 3. The van der Waals surface area contributed by atoms with Crippen molar-refractivity contribution in [2.75, 3.05) is 0 Å². The average Bonchev–Trinajstić information content (AvgIpc) is 2.81. The number of benzene rings is 1. The van der Waals surface area contributed by atoms with Crippen molar-refractivity contribution in [3.63, 3.8) is 0 Å². The highest BCUT2D eigenvalue weighted by atomic mass is 35.5. The van der Waals surface area contributed by atoms with Crippen molar-refractivity contribution in [1.29, 1.82) is 0 Å². The van der Waals surface area contributed by atoms with Crippen LogP contribution in [0.25, 0.3) is 0 Å². The summed E-state index contributed by atoms with van der Waals surface area (Å²) in [5, 5.41) is 0. The van der Waals surface area contributed by atoms with Crippen molar-refractivity contribution < 1.29 is 17.9 Å². The molecule has 0 aliphatic rings. The molecule has 2 aromatic rings. The Bertz CT molecular complexity index is 670. The van der Waals surface area contributed by atoms with Crippen molar-refractivity contribution >= 4 is 40.1 Å². The van der Waals surface area contributed by atoms with Crippen LogP contribution in [-0.4, -0.2) is 4.99 Å². The lowest BCUT2D eigenvalue weighted by atomic mass is 10.1. The Hall–Kier alpha value is -1.31. The number of thiocarbonyl (C=S) groups is 1. The summed E-state index contributed by atoms with van der Waals surface area (Å²) in [6, 6.07) is 6.86. The van der Waals surface area contributed by atoms with E-state index < -0.39 is 11.7 Å². The van der Waals surface area contributed by atoms with Crippen LogP contribution in [0.2, 0.25) is 4.34 Å².